The quantitative estimate of drug-likeness (QED) is 0.309. The molecule has 0 aromatic heterocycles. The van der Waals surface area contributed by atoms with E-state index in [9.17, 15) is 21.6 Å². The topological polar surface area (TPSA) is 73.8 Å². The van der Waals surface area contributed by atoms with Gasteiger partial charge in [0.2, 0.25) is 0 Å². The predicted octanol–water partition coefficient (Wildman–Crippen LogP) is 3.62. The van der Waals surface area contributed by atoms with Crippen LogP contribution in [0.2, 0.25) is 0 Å². The first-order chi connectivity index (χ1) is 13.9. The van der Waals surface area contributed by atoms with Gasteiger partial charge in [0.25, 0.3) is 0 Å². The van der Waals surface area contributed by atoms with E-state index < -0.39 is 15.5 Å². The van der Waals surface area contributed by atoms with Crippen molar-refractivity contribution in [1.82, 2.24) is 14.9 Å². The minimum Gasteiger partial charge on any atom is -0.356 e. The molecule has 0 spiro atoms. The van der Waals surface area contributed by atoms with E-state index in [1.165, 1.54) is 11.1 Å². The van der Waals surface area contributed by atoms with Gasteiger partial charge in [-0.25, -0.2) is 8.42 Å². The number of hydrogen-bond acceptors (Lipinski definition) is 3. The number of sulfonamides is 1. The molecule has 0 amide bonds. The van der Waals surface area contributed by atoms with Gasteiger partial charge in [0.05, 0.1) is 0 Å². The lowest BCUT2D eigenvalue weighted by Gasteiger charge is -2.32. The molecule has 11 heteroatoms. The Morgan fingerprint density at radius 1 is 1.19 bits per heavy atom. The minimum atomic E-state index is -5.24. The van der Waals surface area contributed by atoms with Crippen LogP contribution in [-0.2, 0) is 15.4 Å². The van der Waals surface area contributed by atoms with Gasteiger partial charge in [-0.05, 0) is 31.2 Å². The van der Waals surface area contributed by atoms with E-state index in [0.29, 0.717) is 36.2 Å². The van der Waals surface area contributed by atoms with Crippen molar-refractivity contribution >= 4 is 40.0 Å². The summed E-state index contributed by atoms with van der Waals surface area (Å²) in [6.07, 6.45) is 0.738. The van der Waals surface area contributed by atoms with E-state index in [1.54, 1.807) is 7.05 Å². The summed E-state index contributed by atoms with van der Waals surface area (Å²) in [6.45, 7) is 7.25. The van der Waals surface area contributed by atoms with Crippen molar-refractivity contribution in [1.29, 1.82) is 0 Å². The number of halogens is 4. The Kier molecular flexibility index (Phi) is 10.1. The van der Waals surface area contributed by atoms with Gasteiger partial charge in [-0.2, -0.15) is 17.5 Å². The number of alkyl halides is 3. The van der Waals surface area contributed by atoms with Gasteiger partial charge in [-0.15, -0.1) is 24.0 Å². The van der Waals surface area contributed by atoms with E-state index in [-0.39, 0.29) is 48.4 Å². The van der Waals surface area contributed by atoms with E-state index in [4.69, 9.17) is 0 Å². The molecule has 1 saturated heterocycles. The first-order valence-electron chi connectivity index (χ1n) is 9.95. The maximum Gasteiger partial charge on any atom is 0.511 e. The molecule has 0 saturated carbocycles. The zero-order valence-electron chi connectivity index (χ0n) is 18.3. The smallest absolute Gasteiger partial charge is 0.356 e. The highest BCUT2D eigenvalue weighted by atomic mass is 127. The highest BCUT2D eigenvalue weighted by Crippen LogP contribution is 2.30. The number of aliphatic imine (C=N–C) groups is 1. The predicted molar refractivity (Wildman–Crippen MR) is 128 cm³/mol. The van der Waals surface area contributed by atoms with E-state index in [0.717, 1.165) is 0 Å². The Morgan fingerprint density at radius 2 is 1.81 bits per heavy atom. The standard InChI is InChI=1S/C20H31F3N4O2S.HI/c1-15-6-5-7-17(12-15)19(2,3)14-26-18(24-4)25-13-16-8-10-27(11-9-16)30(28,29)20(21,22)23;/h5-7,12,16H,8-11,13-14H2,1-4H3,(H2,24,25,26);1H. The molecule has 0 aliphatic carbocycles. The van der Waals surface area contributed by atoms with Gasteiger partial charge in [0.1, 0.15) is 0 Å². The van der Waals surface area contributed by atoms with Crippen molar-refractivity contribution in [3.05, 3.63) is 35.4 Å². The first-order valence-corrected chi connectivity index (χ1v) is 11.4. The molecule has 0 radical (unpaired) electrons. The van der Waals surface area contributed by atoms with Crippen LogP contribution in [0.25, 0.3) is 0 Å². The Bertz CT molecular complexity index is 852. The molecule has 1 aromatic carbocycles. The molecule has 0 unspecified atom stereocenters. The zero-order chi connectivity index (χ0) is 22.6. The van der Waals surface area contributed by atoms with Gasteiger partial charge in [0, 0.05) is 38.6 Å². The molecule has 2 N–H and O–H groups in total. The van der Waals surface area contributed by atoms with Gasteiger partial charge >= 0.3 is 15.5 Å². The molecule has 31 heavy (non-hydrogen) atoms. The summed E-state index contributed by atoms with van der Waals surface area (Å²) in [4.78, 5) is 4.21. The zero-order valence-corrected chi connectivity index (χ0v) is 21.4. The molecule has 178 valence electrons. The number of nitrogens with one attached hydrogen (secondary N) is 2. The summed E-state index contributed by atoms with van der Waals surface area (Å²) in [7, 11) is -3.58. The SMILES string of the molecule is CN=C(NCC1CCN(S(=O)(=O)C(F)(F)F)CC1)NCC(C)(C)c1cccc(C)c1.I. The molecular weight excluding hydrogens is 544 g/mol. The summed E-state index contributed by atoms with van der Waals surface area (Å²) in [5, 5.41) is 6.51. The number of rotatable bonds is 6. The van der Waals surface area contributed by atoms with Gasteiger partial charge < -0.3 is 10.6 Å². The fraction of sp³-hybridized carbons (Fsp3) is 0.650. The fourth-order valence-corrected chi connectivity index (χ4v) is 4.42. The van der Waals surface area contributed by atoms with Crippen molar-refractivity contribution < 1.29 is 21.6 Å². The van der Waals surface area contributed by atoms with Crippen LogP contribution in [-0.4, -0.2) is 57.4 Å². The third kappa shape index (κ3) is 7.48. The Labute approximate surface area is 200 Å². The Balaban J connectivity index is 0.00000480. The number of nitrogens with zero attached hydrogens (tertiary/aromatic N) is 2. The van der Waals surface area contributed by atoms with Gasteiger partial charge in [-0.3, -0.25) is 4.99 Å². The fourth-order valence-electron chi connectivity index (χ4n) is 3.43. The van der Waals surface area contributed by atoms with E-state index in [1.807, 2.05) is 6.07 Å². The van der Waals surface area contributed by atoms with Crippen molar-refractivity contribution in [2.75, 3.05) is 33.2 Å². The molecule has 1 fully saturated rings. The summed E-state index contributed by atoms with van der Waals surface area (Å²) in [5.41, 5.74) is -2.96. The lowest BCUT2D eigenvalue weighted by molar-refractivity contribution is -0.0496. The number of hydrogen-bond donors (Lipinski definition) is 2. The third-order valence-electron chi connectivity index (χ3n) is 5.49. The molecule has 0 bridgehead atoms. The molecule has 1 aliphatic rings. The molecule has 1 aliphatic heterocycles. The van der Waals surface area contributed by atoms with Crippen LogP contribution >= 0.6 is 24.0 Å². The molecule has 1 heterocycles. The number of guanidine groups is 1. The minimum absolute atomic E-state index is 0. The summed E-state index contributed by atoms with van der Waals surface area (Å²) < 4.78 is 61.6. The number of piperidine rings is 1. The molecule has 0 atom stereocenters. The second-order valence-corrected chi connectivity index (χ2v) is 10.3. The normalized spacial score (nSPS) is 17.2. The van der Waals surface area contributed by atoms with Crippen molar-refractivity contribution in [2.24, 2.45) is 10.9 Å². The van der Waals surface area contributed by atoms with Crippen molar-refractivity contribution in [3.8, 4) is 0 Å². The van der Waals surface area contributed by atoms with Crippen LogP contribution in [0.5, 0.6) is 0 Å². The Hall–Kier alpha value is -1.08. The monoisotopic (exact) mass is 576 g/mol. The largest absolute Gasteiger partial charge is 0.511 e. The van der Waals surface area contributed by atoms with Gasteiger partial charge in [-0.1, -0.05) is 43.7 Å². The average molecular weight is 576 g/mol. The average Bonchev–Trinajstić information content (AvgIpc) is 2.67. The van der Waals surface area contributed by atoms with Crippen molar-refractivity contribution in [3.63, 3.8) is 0 Å². The van der Waals surface area contributed by atoms with Crippen molar-refractivity contribution in [2.45, 2.75) is 44.5 Å². The second-order valence-electron chi connectivity index (χ2n) is 8.35. The summed E-state index contributed by atoms with van der Waals surface area (Å²) in [6, 6.07) is 8.33. The highest BCUT2D eigenvalue weighted by Gasteiger charge is 2.50. The van der Waals surface area contributed by atoms with Crippen LogP contribution in [0.15, 0.2) is 29.3 Å². The summed E-state index contributed by atoms with van der Waals surface area (Å²) in [5.74, 6) is 0.689. The maximum atomic E-state index is 12.7. The van der Waals surface area contributed by atoms with Crippen LogP contribution in [0.3, 0.4) is 0 Å². The lowest BCUT2D eigenvalue weighted by Crippen LogP contribution is -2.48. The van der Waals surface area contributed by atoms with E-state index in [2.05, 4.69) is 54.6 Å². The van der Waals surface area contributed by atoms with Crippen LogP contribution in [0, 0.1) is 12.8 Å². The second kappa shape index (κ2) is 11.2. The molecular formula is C20H32F3IN4O2S. The molecule has 1 aromatic rings. The van der Waals surface area contributed by atoms with Gasteiger partial charge in [0.15, 0.2) is 5.96 Å². The van der Waals surface area contributed by atoms with Crippen LogP contribution < -0.4 is 10.6 Å². The number of benzene rings is 1. The lowest BCUT2D eigenvalue weighted by atomic mass is 9.84. The molecule has 6 nitrogen and oxygen atoms in total. The number of aryl methyl sites for hydroxylation is 1. The molecule has 2 rings (SSSR count). The van der Waals surface area contributed by atoms with Crippen LogP contribution in [0.1, 0.15) is 37.8 Å². The Morgan fingerprint density at radius 3 is 2.32 bits per heavy atom. The third-order valence-corrected chi connectivity index (χ3v) is 7.11. The van der Waals surface area contributed by atoms with E-state index >= 15 is 0 Å². The first kappa shape index (κ1) is 28.0. The van der Waals surface area contributed by atoms with Crippen LogP contribution in [0.4, 0.5) is 13.2 Å². The maximum absolute atomic E-state index is 12.7. The summed E-state index contributed by atoms with van der Waals surface area (Å²) >= 11 is 0. The highest BCUT2D eigenvalue weighted by molar-refractivity contribution is 14.0.